The molecule has 0 saturated heterocycles. The van der Waals surface area contributed by atoms with Crippen molar-refractivity contribution in [3.63, 3.8) is 0 Å². The van der Waals surface area contributed by atoms with Gasteiger partial charge in [-0.1, -0.05) is 5.57 Å². The number of rotatable bonds is 5. The van der Waals surface area contributed by atoms with Crippen LogP contribution in [0.4, 0.5) is 17.6 Å². The first-order valence-corrected chi connectivity index (χ1v) is 5.34. The summed E-state index contributed by atoms with van der Waals surface area (Å²) in [5.41, 5.74) is 0.0892. The molecule has 8 heteroatoms. The Morgan fingerprint density at radius 3 is 2.20 bits per heavy atom. The van der Waals surface area contributed by atoms with Crippen molar-refractivity contribution in [2.45, 2.75) is 25.6 Å². The first-order valence-electron chi connectivity index (χ1n) is 3.76. The SMILES string of the molecule is C=C(C)CC(OS(=O)(=O)CF)C(F)(F)F. The first kappa shape index (κ1) is 14.4. The Labute approximate surface area is 84.8 Å². The van der Waals surface area contributed by atoms with Crippen molar-refractivity contribution in [3.8, 4) is 0 Å². The van der Waals surface area contributed by atoms with Gasteiger partial charge in [0.15, 0.2) is 6.10 Å². The average Bonchev–Trinajstić information content (AvgIpc) is 2.00. The van der Waals surface area contributed by atoms with E-state index in [9.17, 15) is 26.0 Å². The Bertz CT molecular complexity index is 320. The average molecular weight is 250 g/mol. The molecule has 0 bridgehead atoms. The summed E-state index contributed by atoms with van der Waals surface area (Å²) in [7, 11) is -4.78. The van der Waals surface area contributed by atoms with Gasteiger partial charge in [0.2, 0.25) is 6.01 Å². The van der Waals surface area contributed by atoms with Gasteiger partial charge in [0.1, 0.15) is 0 Å². The van der Waals surface area contributed by atoms with Crippen LogP contribution in [0.5, 0.6) is 0 Å². The van der Waals surface area contributed by atoms with Gasteiger partial charge in [-0.25, -0.2) is 4.39 Å². The fourth-order valence-electron chi connectivity index (χ4n) is 0.723. The monoisotopic (exact) mass is 250 g/mol. The van der Waals surface area contributed by atoms with Crippen molar-refractivity contribution in [2.24, 2.45) is 0 Å². The lowest BCUT2D eigenvalue weighted by Crippen LogP contribution is -2.34. The predicted octanol–water partition coefficient (Wildman–Crippen LogP) is 2.16. The van der Waals surface area contributed by atoms with Crippen molar-refractivity contribution < 1.29 is 30.2 Å². The number of halogens is 4. The summed E-state index contributed by atoms with van der Waals surface area (Å²) in [4.78, 5) is 0. The van der Waals surface area contributed by atoms with Crippen LogP contribution in [0.3, 0.4) is 0 Å². The topological polar surface area (TPSA) is 43.4 Å². The van der Waals surface area contributed by atoms with Crippen molar-refractivity contribution in [3.05, 3.63) is 12.2 Å². The van der Waals surface area contributed by atoms with Gasteiger partial charge in [-0.2, -0.15) is 21.6 Å². The predicted molar refractivity (Wildman–Crippen MR) is 45.3 cm³/mol. The molecular weight excluding hydrogens is 240 g/mol. The van der Waals surface area contributed by atoms with Gasteiger partial charge in [0.05, 0.1) is 0 Å². The zero-order chi connectivity index (χ0) is 12.3. The van der Waals surface area contributed by atoms with E-state index in [1.807, 2.05) is 0 Å². The molecule has 0 aliphatic heterocycles. The minimum absolute atomic E-state index is 0.0892. The van der Waals surface area contributed by atoms with Gasteiger partial charge in [-0.05, 0) is 6.92 Å². The highest BCUT2D eigenvalue weighted by atomic mass is 32.2. The van der Waals surface area contributed by atoms with Crippen molar-refractivity contribution in [1.29, 1.82) is 0 Å². The Balaban J connectivity index is 4.75. The molecule has 0 amide bonds. The van der Waals surface area contributed by atoms with E-state index in [-0.39, 0.29) is 5.57 Å². The van der Waals surface area contributed by atoms with E-state index >= 15 is 0 Å². The van der Waals surface area contributed by atoms with Crippen LogP contribution in [-0.4, -0.2) is 26.7 Å². The molecule has 90 valence electrons. The van der Waals surface area contributed by atoms with Gasteiger partial charge in [-0.3, -0.25) is 4.18 Å². The number of hydrogen-bond acceptors (Lipinski definition) is 3. The minimum atomic E-state index is -4.87. The highest BCUT2D eigenvalue weighted by Crippen LogP contribution is 2.28. The van der Waals surface area contributed by atoms with Gasteiger partial charge in [0.25, 0.3) is 10.1 Å². The molecule has 0 aromatic heterocycles. The second-order valence-electron chi connectivity index (χ2n) is 2.95. The minimum Gasteiger partial charge on any atom is -0.255 e. The third-order valence-electron chi connectivity index (χ3n) is 1.30. The molecule has 1 atom stereocenters. The van der Waals surface area contributed by atoms with Crippen LogP contribution in [0, 0.1) is 0 Å². The van der Waals surface area contributed by atoms with Crippen LogP contribution in [-0.2, 0) is 14.3 Å². The molecule has 0 aromatic carbocycles. The van der Waals surface area contributed by atoms with E-state index in [1.54, 1.807) is 0 Å². The first-order chi connectivity index (χ1) is 6.58. The fourth-order valence-corrected chi connectivity index (χ4v) is 1.31. The molecule has 0 fully saturated rings. The Morgan fingerprint density at radius 2 is 1.93 bits per heavy atom. The zero-order valence-electron chi connectivity index (χ0n) is 7.84. The lowest BCUT2D eigenvalue weighted by molar-refractivity contribution is -0.193. The van der Waals surface area contributed by atoms with Crippen LogP contribution in [0.15, 0.2) is 12.2 Å². The van der Waals surface area contributed by atoms with E-state index < -0.39 is 34.8 Å². The summed E-state index contributed by atoms with van der Waals surface area (Å²) in [5.74, 6) is 0. The molecule has 3 nitrogen and oxygen atoms in total. The molecule has 0 radical (unpaired) electrons. The standard InChI is InChI=1S/C7H10F4O3S/c1-5(2)3-6(7(9,10)11)14-15(12,13)4-8/h6H,1,3-4H2,2H3. The molecular formula is C7H10F4O3S. The van der Waals surface area contributed by atoms with Gasteiger partial charge >= 0.3 is 6.18 Å². The van der Waals surface area contributed by atoms with E-state index in [0.29, 0.717) is 0 Å². The summed E-state index contributed by atoms with van der Waals surface area (Å²) in [6.07, 6.45) is -8.17. The van der Waals surface area contributed by atoms with E-state index in [1.165, 1.54) is 6.92 Å². The molecule has 0 spiro atoms. The quantitative estimate of drug-likeness (QED) is 0.426. The largest absolute Gasteiger partial charge is 0.416 e. The van der Waals surface area contributed by atoms with Crippen LogP contribution < -0.4 is 0 Å². The number of hydrogen-bond donors (Lipinski definition) is 0. The third-order valence-corrected chi connectivity index (χ3v) is 2.09. The van der Waals surface area contributed by atoms with Crippen LogP contribution in [0.25, 0.3) is 0 Å². The summed E-state index contributed by atoms with van der Waals surface area (Å²) in [6.45, 7) is 4.48. The third kappa shape index (κ3) is 5.73. The fraction of sp³-hybridized carbons (Fsp3) is 0.714. The highest BCUT2D eigenvalue weighted by Gasteiger charge is 2.43. The molecule has 0 rings (SSSR count). The van der Waals surface area contributed by atoms with Crippen LogP contribution in [0.1, 0.15) is 13.3 Å². The van der Waals surface area contributed by atoms with Crippen molar-refractivity contribution >= 4 is 10.1 Å². The van der Waals surface area contributed by atoms with E-state index in [2.05, 4.69) is 10.8 Å². The van der Waals surface area contributed by atoms with E-state index in [4.69, 9.17) is 0 Å². The molecule has 0 saturated carbocycles. The van der Waals surface area contributed by atoms with E-state index in [0.717, 1.165) is 0 Å². The summed E-state index contributed by atoms with van der Waals surface area (Å²) < 4.78 is 73.0. The maximum Gasteiger partial charge on any atom is 0.416 e. The molecule has 0 N–H and O–H groups in total. The Kier molecular flexibility index (Phi) is 4.72. The normalized spacial score (nSPS) is 15.0. The summed E-state index contributed by atoms with van der Waals surface area (Å²) in [5, 5.41) is 0. The van der Waals surface area contributed by atoms with Gasteiger partial charge < -0.3 is 0 Å². The lowest BCUT2D eigenvalue weighted by Gasteiger charge is -2.19. The molecule has 1 unspecified atom stereocenters. The van der Waals surface area contributed by atoms with Gasteiger partial charge in [-0.15, -0.1) is 6.58 Å². The van der Waals surface area contributed by atoms with Crippen molar-refractivity contribution in [1.82, 2.24) is 0 Å². The zero-order valence-corrected chi connectivity index (χ0v) is 8.66. The summed E-state index contributed by atoms with van der Waals surface area (Å²) >= 11 is 0. The molecule has 0 aromatic rings. The molecule has 0 heterocycles. The Morgan fingerprint density at radius 1 is 1.47 bits per heavy atom. The Hall–Kier alpha value is -0.630. The maximum atomic E-state index is 12.2. The second kappa shape index (κ2) is 4.93. The lowest BCUT2D eigenvalue weighted by atomic mass is 10.1. The molecule has 0 aliphatic rings. The number of alkyl halides is 4. The van der Waals surface area contributed by atoms with Crippen molar-refractivity contribution in [2.75, 3.05) is 6.01 Å². The second-order valence-corrected chi connectivity index (χ2v) is 4.48. The molecule has 0 aliphatic carbocycles. The van der Waals surface area contributed by atoms with Crippen LogP contribution >= 0.6 is 0 Å². The maximum absolute atomic E-state index is 12.2. The smallest absolute Gasteiger partial charge is 0.255 e. The molecule has 15 heavy (non-hydrogen) atoms. The highest BCUT2D eigenvalue weighted by molar-refractivity contribution is 7.86. The van der Waals surface area contributed by atoms with Gasteiger partial charge in [0, 0.05) is 6.42 Å². The summed E-state index contributed by atoms with van der Waals surface area (Å²) in [6, 6.07) is -1.99. The van der Waals surface area contributed by atoms with Crippen LogP contribution in [0.2, 0.25) is 0 Å².